The monoisotopic (exact) mass is 275 g/mol. The minimum atomic E-state index is -0.115. The quantitative estimate of drug-likeness (QED) is 0.864. The number of nitrogens with one attached hydrogen (secondary N) is 1. The summed E-state index contributed by atoms with van der Waals surface area (Å²) in [5, 5.41) is 3.55. The molecule has 1 atom stereocenters. The van der Waals surface area contributed by atoms with Gasteiger partial charge in [0.15, 0.2) is 11.5 Å². The van der Waals surface area contributed by atoms with E-state index < -0.39 is 0 Å². The van der Waals surface area contributed by atoms with Crippen molar-refractivity contribution in [2.45, 2.75) is 64.2 Å². The van der Waals surface area contributed by atoms with Crippen LogP contribution in [-0.4, -0.2) is 24.3 Å². The van der Waals surface area contributed by atoms with Crippen LogP contribution in [0.2, 0.25) is 0 Å². The largest absolute Gasteiger partial charge is 0.485 e. The maximum absolute atomic E-state index is 6.19. The fourth-order valence-electron chi connectivity index (χ4n) is 2.71. The Labute approximate surface area is 121 Å². The topological polar surface area (TPSA) is 30.5 Å². The summed E-state index contributed by atoms with van der Waals surface area (Å²) >= 11 is 0. The van der Waals surface area contributed by atoms with Gasteiger partial charge in [-0.1, -0.05) is 19.1 Å². The van der Waals surface area contributed by atoms with E-state index in [0.29, 0.717) is 0 Å². The van der Waals surface area contributed by atoms with Gasteiger partial charge < -0.3 is 14.8 Å². The molecule has 3 heteroatoms. The Balaban J connectivity index is 1.69. The lowest BCUT2D eigenvalue weighted by Gasteiger charge is -2.21. The molecule has 1 aliphatic carbocycles. The third-order valence-corrected chi connectivity index (χ3v) is 4.02. The second-order valence-corrected chi connectivity index (χ2v) is 6.61. The van der Waals surface area contributed by atoms with E-state index in [1.165, 1.54) is 18.4 Å². The molecule has 20 heavy (non-hydrogen) atoms. The molecule has 0 saturated heterocycles. The molecule has 0 aromatic heterocycles. The summed E-state index contributed by atoms with van der Waals surface area (Å²) in [4.78, 5) is 0. The Kier molecular flexibility index (Phi) is 3.63. The lowest BCUT2D eigenvalue weighted by atomic mass is 10.0. The normalized spacial score (nSPS) is 21.1. The van der Waals surface area contributed by atoms with Crippen molar-refractivity contribution < 1.29 is 9.47 Å². The summed E-state index contributed by atoms with van der Waals surface area (Å²) in [5.41, 5.74) is 1.15. The van der Waals surface area contributed by atoms with Crippen LogP contribution in [0.5, 0.6) is 11.5 Å². The van der Waals surface area contributed by atoms with Crippen LogP contribution in [0.25, 0.3) is 0 Å². The third-order valence-electron chi connectivity index (χ3n) is 4.02. The fourth-order valence-corrected chi connectivity index (χ4v) is 2.71. The molecule has 1 aliphatic heterocycles. The Morgan fingerprint density at radius 1 is 1.40 bits per heavy atom. The van der Waals surface area contributed by atoms with Gasteiger partial charge in [-0.05, 0) is 39.2 Å². The van der Waals surface area contributed by atoms with Gasteiger partial charge in [-0.2, -0.15) is 0 Å². The van der Waals surface area contributed by atoms with E-state index in [9.17, 15) is 0 Å². The van der Waals surface area contributed by atoms with Gasteiger partial charge in [0.1, 0.15) is 11.7 Å². The van der Waals surface area contributed by atoms with Crippen molar-refractivity contribution in [3.63, 3.8) is 0 Å². The summed E-state index contributed by atoms with van der Waals surface area (Å²) in [6, 6.07) is 6.96. The SMILES string of the molecule is CCC(CNC1CC1)Oc1cccc2c1OC(C)(C)C2. The highest BCUT2D eigenvalue weighted by atomic mass is 16.5. The van der Waals surface area contributed by atoms with E-state index >= 15 is 0 Å². The first kappa shape index (κ1) is 13.7. The number of fused-ring (bicyclic) bond motifs is 1. The second-order valence-electron chi connectivity index (χ2n) is 6.61. The predicted molar refractivity (Wildman–Crippen MR) is 80.6 cm³/mol. The minimum absolute atomic E-state index is 0.115. The summed E-state index contributed by atoms with van der Waals surface area (Å²) < 4.78 is 12.3. The number of benzene rings is 1. The number of para-hydroxylation sites is 1. The number of ether oxygens (including phenoxy) is 2. The molecule has 2 aliphatic rings. The first-order valence-electron chi connectivity index (χ1n) is 7.78. The number of hydrogen-bond acceptors (Lipinski definition) is 3. The average molecular weight is 275 g/mol. The van der Waals surface area contributed by atoms with Crippen LogP contribution in [0.1, 0.15) is 45.6 Å². The zero-order valence-corrected chi connectivity index (χ0v) is 12.7. The number of rotatable bonds is 6. The Morgan fingerprint density at radius 2 is 2.20 bits per heavy atom. The molecule has 0 bridgehead atoms. The molecule has 1 aromatic rings. The summed E-state index contributed by atoms with van der Waals surface area (Å²) in [6.45, 7) is 7.35. The Bertz CT molecular complexity index is 480. The summed E-state index contributed by atoms with van der Waals surface area (Å²) in [5.74, 6) is 1.85. The molecule has 0 spiro atoms. The van der Waals surface area contributed by atoms with Gasteiger partial charge in [0, 0.05) is 24.6 Å². The second kappa shape index (κ2) is 5.28. The molecule has 3 nitrogen and oxygen atoms in total. The van der Waals surface area contributed by atoms with Crippen molar-refractivity contribution in [1.29, 1.82) is 0 Å². The molecule has 1 unspecified atom stereocenters. The van der Waals surface area contributed by atoms with Crippen molar-refractivity contribution >= 4 is 0 Å². The molecule has 1 N–H and O–H groups in total. The zero-order chi connectivity index (χ0) is 14.2. The van der Waals surface area contributed by atoms with Crippen LogP contribution in [-0.2, 0) is 6.42 Å². The average Bonchev–Trinajstić information content (AvgIpc) is 3.16. The third kappa shape index (κ3) is 3.09. The van der Waals surface area contributed by atoms with Gasteiger partial charge in [-0.15, -0.1) is 0 Å². The summed E-state index contributed by atoms with van der Waals surface area (Å²) in [6.07, 6.45) is 4.81. The molecule has 1 heterocycles. The van der Waals surface area contributed by atoms with E-state index in [4.69, 9.17) is 9.47 Å². The van der Waals surface area contributed by atoms with Gasteiger partial charge in [0.2, 0.25) is 0 Å². The van der Waals surface area contributed by atoms with E-state index in [1.807, 2.05) is 6.07 Å². The molecule has 0 amide bonds. The minimum Gasteiger partial charge on any atom is -0.485 e. The lowest BCUT2D eigenvalue weighted by molar-refractivity contribution is 0.124. The Morgan fingerprint density at radius 3 is 2.90 bits per heavy atom. The molecule has 1 aromatic carbocycles. The fraction of sp³-hybridized carbons (Fsp3) is 0.647. The molecular formula is C17H25NO2. The van der Waals surface area contributed by atoms with Crippen LogP contribution >= 0.6 is 0 Å². The van der Waals surface area contributed by atoms with Crippen molar-refractivity contribution in [3.05, 3.63) is 23.8 Å². The van der Waals surface area contributed by atoms with Gasteiger partial charge >= 0.3 is 0 Å². The van der Waals surface area contributed by atoms with Gasteiger partial charge in [-0.3, -0.25) is 0 Å². The standard InChI is InChI=1S/C17H25NO2/c1-4-14(11-18-13-8-9-13)19-15-7-5-6-12-10-17(2,3)20-16(12)15/h5-7,13-14,18H,4,8-11H2,1-3H3. The van der Waals surface area contributed by atoms with Crippen LogP contribution in [0, 0.1) is 0 Å². The van der Waals surface area contributed by atoms with Gasteiger partial charge in [0.05, 0.1) is 0 Å². The van der Waals surface area contributed by atoms with Gasteiger partial charge in [-0.25, -0.2) is 0 Å². The molecule has 3 rings (SSSR count). The molecule has 1 saturated carbocycles. The highest BCUT2D eigenvalue weighted by Gasteiger charge is 2.32. The molecular weight excluding hydrogens is 250 g/mol. The van der Waals surface area contributed by atoms with Crippen LogP contribution < -0.4 is 14.8 Å². The molecule has 110 valence electrons. The van der Waals surface area contributed by atoms with Gasteiger partial charge in [0.25, 0.3) is 0 Å². The lowest BCUT2D eigenvalue weighted by Crippen LogP contribution is -2.32. The van der Waals surface area contributed by atoms with Crippen molar-refractivity contribution in [2.75, 3.05) is 6.54 Å². The maximum atomic E-state index is 6.19. The van der Waals surface area contributed by atoms with E-state index in [0.717, 1.165) is 36.9 Å². The zero-order valence-electron chi connectivity index (χ0n) is 12.7. The predicted octanol–water partition coefficient (Wildman–Crippen LogP) is 3.31. The van der Waals surface area contributed by atoms with Crippen LogP contribution in [0.4, 0.5) is 0 Å². The van der Waals surface area contributed by atoms with Crippen LogP contribution in [0.3, 0.4) is 0 Å². The van der Waals surface area contributed by atoms with E-state index in [1.54, 1.807) is 0 Å². The van der Waals surface area contributed by atoms with Crippen molar-refractivity contribution in [1.82, 2.24) is 5.32 Å². The first-order valence-corrected chi connectivity index (χ1v) is 7.78. The van der Waals surface area contributed by atoms with E-state index in [-0.39, 0.29) is 11.7 Å². The van der Waals surface area contributed by atoms with Crippen molar-refractivity contribution in [3.8, 4) is 11.5 Å². The Hall–Kier alpha value is -1.22. The smallest absolute Gasteiger partial charge is 0.165 e. The van der Waals surface area contributed by atoms with E-state index in [2.05, 4.69) is 38.2 Å². The first-order chi connectivity index (χ1) is 9.57. The highest BCUT2D eigenvalue weighted by molar-refractivity contribution is 5.50. The molecule has 1 fully saturated rings. The van der Waals surface area contributed by atoms with Crippen molar-refractivity contribution in [2.24, 2.45) is 0 Å². The molecule has 0 radical (unpaired) electrons. The van der Waals surface area contributed by atoms with Crippen LogP contribution in [0.15, 0.2) is 18.2 Å². The summed E-state index contributed by atoms with van der Waals surface area (Å²) in [7, 11) is 0. The number of hydrogen-bond donors (Lipinski definition) is 1. The maximum Gasteiger partial charge on any atom is 0.165 e. The highest BCUT2D eigenvalue weighted by Crippen LogP contribution is 2.42.